The Kier molecular flexibility index (Phi) is 4.46. The number of hydrogen-bond donors (Lipinski definition) is 1. The summed E-state index contributed by atoms with van der Waals surface area (Å²) in [7, 11) is 2.15. The van der Waals surface area contributed by atoms with Crippen LogP contribution in [0, 0.1) is 0 Å². The van der Waals surface area contributed by atoms with E-state index in [4.69, 9.17) is 5.73 Å². The first-order chi connectivity index (χ1) is 11.1. The molecule has 1 aromatic carbocycles. The molecule has 1 saturated heterocycles. The predicted molar refractivity (Wildman–Crippen MR) is 92.8 cm³/mol. The summed E-state index contributed by atoms with van der Waals surface area (Å²) < 4.78 is 0. The standard InChI is InChI=1S/C18H22N4O/c1-21(15-5-3-2-4-6-15)16-8-11-22(12-9-16)17-13-14(18(19)23)7-10-20-17/h2-7,10,13,16H,8-9,11-12H2,1H3,(H2,19,23). The maximum Gasteiger partial charge on any atom is 0.248 e. The first-order valence-corrected chi connectivity index (χ1v) is 7.94. The summed E-state index contributed by atoms with van der Waals surface area (Å²) in [6.07, 6.45) is 3.78. The number of rotatable bonds is 4. The third-order valence-corrected chi connectivity index (χ3v) is 4.53. The van der Waals surface area contributed by atoms with E-state index in [0.29, 0.717) is 11.6 Å². The minimum atomic E-state index is -0.410. The Hall–Kier alpha value is -2.56. The second-order valence-electron chi connectivity index (χ2n) is 5.93. The van der Waals surface area contributed by atoms with Crippen molar-refractivity contribution in [3.05, 3.63) is 54.2 Å². The number of primary amides is 1. The molecule has 0 unspecified atom stereocenters. The van der Waals surface area contributed by atoms with E-state index in [9.17, 15) is 4.79 Å². The molecule has 0 bridgehead atoms. The van der Waals surface area contributed by atoms with Crippen LogP contribution in [-0.2, 0) is 0 Å². The number of carbonyl (C=O) groups is 1. The third-order valence-electron chi connectivity index (χ3n) is 4.53. The summed E-state index contributed by atoms with van der Waals surface area (Å²) in [4.78, 5) is 20.3. The fourth-order valence-corrected chi connectivity index (χ4v) is 3.10. The van der Waals surface area contributed by atoms with Crippen molar-refractivity contribution >= 4 is 17.4 Å². The zero-order valence-corrected chi connectivity index (χ0v) is 13.4. The Labute approximate surface area is 136 Å². The van der Waals surface area contributed by atoms with Crippen molar-refractivity contribution in [1.29, 1.82) is 0 Å². The first-order valence-electron chi connectivity index (χ1n) is 7.94. The second kappa shape index (κ2) is 6.69. The van der Waals surface area contributed by atoms with Gasteiger partial charge in [-0.15, -0.1) is 0 Å². The maximum absolute atomic E-state index is 11.3. The minimum Gasteiger partial charge on any atom is -0.371 e. The molecule has 2 heterocycles. The van der Waals surface area contributed by atoms with Crippen molar-refractivity contribution < 1.29 is 4.79 Å². The third kappa shape index (κ3) is 3.44. The van der Waals surface area contributed by atoms with Gasteiger partial charge in [-0.2, -0.15) is 0 Å². The van der Waals surface area contributed by atoms with Crippen LogP contribution in [0.2, 0.25) is 0 Å². The Bertz CT molecular complexity index is 666. The van der Waals surface area contributed by atoms with E-state index in [1.165, 1.54) is 5.69 Å². The highest BCUT2D eigenvalue weighted by atomic mass is 16.1. The lowest BCUT2D eigenvalue weighted by Crippen LogP contribution is -2.43. The molecule has 1 amide bonds. The van der Waals surface area contributed by atoms with Crippen LogP contribution in [0.5, 0.6) is 0 Å². The summed E-state index contributed by atoms with van der Waals surface area (Å²) in [6.45, 7) is 1.86. The number of anilines is 2. The highest BCUT2D eigenvalue weighted by Gasteiger charge is 2.23. The molecule has 0 spiro atoms. The highest BCUT2D eigenvalue weighted by molar-refractivity contribution is 5.93. The van der Waals surface area contributed by atoms with Crippen LogP contribution in [0.1, 0.15) is 23.2 Å². The van der Waals surface area contributed by atoms with Gasteiger partial charge >= 0.3 is 0 Å². The molecule has 120 valence electrons. The van der Waals surface area contributed by atoms with Gasteiger partial charge in [-0.3, -0.25) is 4.79 Å². The second-order valence-corrected chi connectivity index (χ2v) is 5.93. The molecule has 1 aliphatic heterocycles. The highest BCUT2D eigenvalue weighted by Crippen LogP contribution is 2.24. The van der Waals surface area contributed by atoms with Crippen molar-refractivity contribution in [2.75, 3.05) is 29.9 Å². The lowest BCUT2D eigenvalue weighted by Gasteiger charge is -2.38. The number of para-hydroxylation sites is 1. The van der Waals surface area contributed by atoms with Crippen molar-refractivity contribution in [1.82, 2.24) is 4.98 Å². The van der Waals surface area contributed by atoms with Gasteiger partial charge in [-0.1, -0.05) is 18.2 Å². The van der Waals surface area contributed by atoms with Crippen molar-refractivity contribution in [2.24, 2.45) is 5.73 Å². The van der Waals surface area contributed by atoms with E-state index in [-0.39, 0.29) is 0 Å². The van der Waals surface area contributed by atoms with Gasteiger partial charge in [0.25, 0.3) is 0 Å². The Morgan fingerprint density at radius 2 is 1.91 bits per heavy atom. The summed E-state index contributed by atoms with van der Waals surface area (Å²) in [5, 5.41) is 0. The number of nitrogens with zero attached hydrogens (tertiary/aromatic N) is 3. The Balaban J connectivity index is 1.64. The van der Waals surface area contributed by atoms with Crippen molar-refractivity contribution in [3.8, 4) is 0 Å². The molecule has 0 atom stereocenters. The Morgan fingerprint density at radius 1 is 1.22 bits per heavy atom. The zero-order valence-electron chi connectivity index (χ0n) is 13.4. The maximum atomic E-state index is 11.3. The SMILES string of the molecule is CN(c1ccccc1)C1CCN(c2cc(C(N)=O)ccn2)CC1. The number of pyridine rings is 1. The van der Waals surface area contributed by atoms with Gasteiger partial charge in [0.2, 0.25) is 5.91 Å². The van der Waals surface area contributed by atoms with Gasteiger partial charge < -0.3 is 15.5 Å². The number of amides is 1. The number of piperidine rings is 1. The molecular weight excluding hydrogens is 288 g/mol. The first kappa shape index (κ1) is 15.3. The topological polar surface area (TPSA) is 62.5 Å². The zero-order chi connectivity index (χ0) is 16.2. The van der Waals surface area contributed by atoms with E-state index in [2.05, 4.69) is 46.1 Å². The van der Waals surface area contributed by atoms with Gasteiger partial charge in [-0.25, -0.2) is 4.98 Å². The van der Waals surface area contributed by atoms with Crippen LogP contribution in [0.15, 0.2) is 48.7 Å². The van der Waals surface area contributed by atoms with Crippen LogP contribution >= 0.6 is 0 Å². The molecule has 1 aliphatic rings. The summed E-state index contributed by atoms with van der Waals surface area (Å²) >= 11 is 0. The monoisotopic (exact) mass is 310 g/mol. The number of hydrogen-bond acceptors (Lipinski definition) is 4. The molecule has 1 fully saturated rings. The van der Waals surface area contributed by atoms with Gasteiger partial charge in [0.15, 0.2) is 0 Å². The fraction of sp³-hybridized carbons (Fsp3) is 0.333. The van der Waals surface area contributed by atoms with Crippen LogP contribution < -0.4 is 15.5 Å². The van der Waals surface area contributed by atoms with E-state index in [1.54, 1.807) is 18.3 Å². The van der Waals surface area contributed by atoms with Crippen LogP contribution in [0.4, 0.5) is 11.5 Å². The average molecular weight is 310 g/mol. The van der Waals surface area contributed by atoms with E-state index in [0.717, 1.165) is 31.7 Å². The molecule has 23 heavy (non-hydrogen) atoms. The van der Waals surface area contributed by atoms with E-state index >= 15 is 0 Å². The van der Waals surface area contributed by atoms with E-state index in [1.807, 2.05) is 6.07 Å². The molecule has 5 nitrogen and oxygen atoms in total. The number of carbonyl (C=O) groups excluding carboxylic acids is 1. The van der Waals surface area contributed by atoms with Crippen molar-refractivity contribution in [3.63, 3.8) is 0 Å². The normalized spacial score (nSPS) is 15.4. The smallest absolute Gasteiger partial charge is 0.248 e. The summed E-state index contributed by atoms with van der Waals surface area (Å²) in [6, 6.07) is 14.4. The van der Waals surface area contributed by atoms with Gasteiger partial charge in [0.1, 0.15) is 5.82 Å². The lowest BCUT2D eigenvalue weighted by molar-refractivity contribution is 0.1000. The molecule has 2 N–H and O–H groups in total. The fourth-order valence-electron chi connectivity index (χ4n) is 3.10. The predicted octanol–water partition coefficient (Wildman–Crippen LogP) is 2.29. The molecular formula is C18H22N4O. The minimum absolute atomic E-state index is 0.410. The molecule has 3 rings (SSSR count). The van der Waals surface area contributed by atoms with Crippen LogP contribution in [0.3, 0.4) is 0 Å². The lowest BCUT2D eigenvalue weighted by atomic mass is 10.0. The molecule has 0 aliphatic carbocycles. The molecule has 0 saturated carbocycles. The summed E-state index contributed by atoms with van der Waals surface area (Å²) in [5.74, 6) is 0.425. The van der Waals surface area contributed by atoms with Crippen molar-refractivity contribution in [2.45, 2.75) is 18.9 Å². The molecule has 5 heteroatoms. The number of nitrogens with two attached hydrogens (primary N) is 1. The molecule has 0 radical (unpaired) electrons. The summed E-state index contributed by atoms with van der Waals surface area (Å²) in [5.41, 5.74) is 7.11. The van der Waals surface area contributed by atoms with Crippen LogP contribution in [-0.4, -0.2) is 37.1 Å². The van der Waals surface area contributed by atoms with Gasteiger partial charge in [0.05, 0.1) is 0 Å². The van der Waals surface area contributed by atoms with Crippen LogP contribution in [0.25, 0.3) is 0 Å². The molecule has 1 aromatic heterocycles. The average Bonchev–Trinajstić information content (AvgIpc) is 2.62. The molecule has 2 aromatic rings. The largest absolute Gasteiger partial charge is 0.371 e. The Morgan fingerprint density at radius 3 is 2.57 bits per heavy atom. The van der Waals surface area contributed by atoms with Gasteiger partial charge in [-0.05, 0) is 37.1 Å². The number of aromatic nitrogens is 1. The van der Waals surface area contributed by atoms with Gasteiger partial charge in [0, 0.05) is 43.6 Å². The van der Waals surface area contributed by atoms with E-state index < -0.39 is 5.91 Å². The quantitative estimate of drug-likeness (QED) is 0.941. The number of benzene rings is 1.